The van der Waals surface area contributed by atoms with Crippen molar-refractivity contribution in [2.75, 3.05) is 24.6 Å². The first-order valence-corrected chi connectivity index (χ1v) is 9.06. The van der Waals surface area contributed by atoms with Gasteiger partial charge in [0.15, 0.2) is 9.84 Å². The number of furan rings is 1. The van der Waals surface area contributed by atoms with E-state index in [0.717, 1.165) is 12.3 Å². The Morgan fingerprint density at radius 2 is 2.33 bits per heavy atom. The van der Waals surface area contributed by atoms with E-state index in [-0.39, 0.29) is 23.5 Å². The molecule has 1 aliphatic heterocycles. The summed E-state index contributed by atoms with van der Waals surface area (Å²) in [6.45, 7) is 3.72. The van der Waals surface area contributed by atoms with Crippen LogP contribution in [0.2, 0.25) is 0 Å². The van der Waals surface area contributed by atoms with Crippen molar-refractivity contribution >= 4 is 15.7 Å². The highest BCUT2D eigenvalue weighted by atomic mass is 32.2. The SMILES string of the molecule is CCN(CCC(=O)NCc1ccco1)C1CCS(=O)(=O)C1. The lowest BCUT2D eigenvalue weighted by atomic mass is 10.2. The maximum absolute atomic E-state index is 11.8. The lowest BCUT2D eigenvalue weighted by molar-refractivity contribution is -0.121. The minimum absolute atomic E-state index is 0.0503. The van der Waals surface area contributed by atoms with Gasteiger partial charge in [0.2, 0.25) is 5.91 Å². The van der Waals surface area contributed by atoms with E-state index in [0.29, 0.717) is 25.9 Å². The maximum atomic E-state index is 11.8. The third-order valence-corrected chi connectivity index (χ3v) is 5.55. The van der Waals surface area contributed by atoms with Gasteiger partial charge in [0.1, 0.15) is 5.76 Å². The molecule has 2 heterocycles. The van der Waals surface area contributed by atoms with Crippen molar-refractivity contribution < 1.29 is 17.6 Å². The highest BCUT2D eigenvalue weighted by Gasteiger charge is 2.31. The van der Waals surface area contributed by atoms with Crippen molar-refractivity contribution in [1.82, 2.24) is 10.2 Å². The predicted molar refractivity (Wildman–Crippen MR) is 79.5 cm³/mol. The molecule has 1 aromatic heterocycles. The van der Waals surface area contributed by atoms with Crippen molar-refractivity contribution in [1.29, 1.82) is 0 Å². The van der Waals surface area contributed by atoms with Crippen molar-refractivity contribution in [3.63, 3.8) is 0 Å². The van der Waals surface area contributed by atoms with Crippen LogP contribution >= 0.6 is 0 Å². The van der Waals surface area contributed by atoms with Gasteiger partial charge in [-0.15, -0.1) is 0 Å². The molecule has 1 amide bonds. The van der Waals surface area contributed by atoms with Crippen LogP contribution in [0, 0.1) is 0 Å². The lowest BCUT2D eigenvalue weighted by Crippen LogP contribution is -2.38. The molecule has 1 aliphatic rings. The van der Waals surface area contributed by atoms with Crippen LogP contribution in [0.15, 0.2) is 22.8 Å². The first kappa shape index (κ1) is 16.0. The van der Waals surface area contributed by atoms with E-state index >= 15 is 0 Å². The van der Waals surface area contributed by atoms with Crippen molar-refractivity contribution in [2.45, 2.75) is 32.4 Å². The van der Waals surface area contributed by atoms with Gasteiger partial charge in [-0.05, 0) is 25.1 Å². The Bertz CT molecular complexity index is 554. The van der Waals surface area contributed by atoms with Crippen LogP contribution in [0.25, 0.3) is 0 Å². The van der Waals surface area contributed by atoms with Crippen LogP contribution < -0.4 is 5.32 Å². The minimum Gasteiger partial charge on any atom is -0.467 e. The third-order valence-electron chi connectivity index (χ3n) is 3.80. The molecule has 1 saturated heterocycles. The molecule has 0 aliphatic carbocycles. The fourth-order valence-electron chi connectivity index (χ4n) is 2.59. The highest BCUT2D eigenvalue weighted by molar-refractivity contribution is 7.91. The number of amides is 1. The van der Waals surface area contributed by atoms with E-state index in [2.05, 4.69) is 10.2 Å². The van der Waals surface area contributed by atoms with E-state index < -0.39 is 9.84 Å². The molecule has 1 N–H and O–H groups in total. The molecule has 0 saturated carbocycles. The van der Waals surface area contributed by atoms with Gasteiger partial charge in [-0.25, -0.2) is 8.42 Å². The number of nitrogens with zero attached hydrogens (tertiary/aromatic N) is 1. The van der Waals surface area contributed by atoms with E-state index in [9.17, 15) is 13.2 Å². The zero-order valence-electron chi connectivity index (χ0n) is 12.2. The first-order chi connectivity index (χ1) is 10.00. The number of carbonyl (C=O) groups excluding carboxylic acids is 1. The second kappa shape index (κ2) is 7.09. The van der Waals surface area contributed by atoms with Gasteiger partial charge in [0, 0.05) is 19.0 Å². The Balaban J connectivity index is 1.74. The van der Waals surface area contributed by atoms with Crippen molar-refractivity contribution in [2.24, 2.45) is 0 Å². The van der Waals surface area contributed by atoms with Crippen LogP contribution in [0.5, 0.6) is 0 Å². The molecule has 0 bridgehead atoms. The second-order valence-electron chi connectivity index (χ2n) is 5.29. The molecule has 1 unspecified atom stereocenters. The fourth-order valence-corrected chi connectivity index (χ4v) is 4.36. The van der Waals surface area contributed by atoms with Crippen LogP contribution in [-0.2, 0) is 21.2 Å². The smallest absolute Gasteiger partial charge is 0.221 e. The van der Waals surface area contributed by atoms with Crippen LogP contribution in [-0.4, -0.2) is 49.9 Å². The molecule has 2 rings (SSSR count). The van der Waals surface area contributed by atoms with Gasteiger partial charge in [0.25, 0.3) is 0 Å². The van der Waals surface area contributed by atoms with E-state index in [4.69, 9.17) is 4.42 Å². The van der Waals surface area contributed by atoms with Gasteiger partial charge in [-0.3, -0.25) is 9.69 Å². The molecule has 1 fully saturated rings. The molecule has 0 aromatic carbocycles. The van der Waals surface area contributed by atoms with E-state index in [1.54, 1.807) is 12.3 Å². The van der Waals surface area contributed by atoms with Crippen LogP contribution in [0.3, 0.4) is 0 Å². The standard InChI is InChI=1S/C14H22N2O4S/c1-2-16(12-6-9-21(18,19)11-12)7-5-14(17)15-10-13-4-3-8-20-13/h3-4,8,12H,2,5-7,9-11H2,1H3,(H,15,17). The van der Waals surface area contributed by atoms with Gasteiger partial charge in [-0.2, -0.15) is 0 Å². The number of carbonyl (C=O) groups is 1. The average molecular weight is 314 g/mol. The lowest BCUT2D eigenvalue weighted by Gasteiger charge is -2.26. The molecule has 1 atom stereocenters. The summed E-state index contributed by atoms with van der Waals surface area (Å²) in [5.74, 6) is 1.15. The van der Waals surface area contributed by atoms with Crippen molar-refractivity contribution in [3.8, 4) is 0 Å². The van der Waals surface area contributed by atoms with Gasteiger partial charge in [-0.1, -0.05) is 6.92 Å². The topological polar surface area (TPSA) is 79.6 Å². The van der Waals surface area contributed by atoms with E-state index in [1.807, 2.05) is 13.0 Å². The summed E-state index contributed by atoms with van der Waals surface area (Å²) in [7, 11) is -2.88. The van der Waals surface area contributed by atoms with Gasteiger partial charge < -0.3 is 9.73 Å². The molecule has 0 radical (unpaired) electrons. The largest absolute Gasteiger partial charge is 0.467 e. The summed E-state index contributed by atoms with van der Waals surface area (Å²) in [6.07, 6.45) is 2.61. The Morgan fingerprint density at radius 1 is 1.52 bits per heavy atom. The Kier molecular flexibility index (Phi) is 5.41. The molecule has 7 heteroatoms. The average Bonchev–Trinajstić information content (AvgIpc) is 3.07. The normalized spacial score (nSPS) is 20.8. The maximum Gasteiger partial charge on any atom is 0.221 e. The minimum atomic E-state index is -2.88. The second-order valence-corrected chi connectivity index (χ2v) is 7.52. The Hall–Kier alpha value is -1.34. The molecule has 1 aromatic rings. The molecule has 6 nitrogen and oxygen atoms in total. The summed E-state index contributed by atoms with van der Waals surface area (Å²) < 4.78 is 28.2. The number of sulfone groups is 1. The van der Waals surface area contributed by atoms with Gasteiger partial charge >= 0.3 is 0 Å². The summed E-state index contributed by atoms with van der Waals surface area (Å²) in [5, 5.41) is 2.79. The molecule has 21 heavy (non-hydrogen) atoms. The third kappa shape index (κ3) is 4.86. The highest BCUT2D eigenvalue weighted by Crippen LogP contribution is 2.17. The fraction of sp³-hybridized carbons (Fsp3) is 0.643. The Labute approximate surface area is 125 Å². The first-order valence-electron chi connectivity index (χ1n) is 7.23. The molecule has 0 spiro atoms. The van der Waals surface area contributed by atoms with Gasteiger partial charge in [0.05, 0.1) is 24.3 Å². The number of rotatable bonds is 7. The predicted octanol–water partition coefficient (Wildman–Crippen LogP) is 0.795. The summed E-state index contributed by atoms with van der Waals surface area (Å²) in [4.78, 5) is 13.9. The molecular weight excluding hydrogens is 292 g/mol. The van der Waals surface area contributed by atoms with Crippen molar-refractivity contribution in [3.05, 3.63) is 24.2 Å². The summed E-state index contributed by atoms with van der Waals surface area (Å²) >= 11 is 0. The zero-order chi connectivity index (χ0) is 15.3. The molecular formula is C14H22N2O4S. The summed E-state index contributed by atoms with van der Waals surface area (Å²) in [6, 6.07) is 3.64. The monoisotopic (exact) mass is 314 g/mol. The van der Waals surface area contributed by atoms with E-state index in [1.165, 1.54) is 0 Å². The quantitative estimate of drug-likeness (QED) is 0.805. The van der Waals surface area contributed by atoms with Crippen LogP contribution in [0.1, 0.15) is 25.5 Å². The summed E-state index contributed by atoms with van der Waals surface area (Å²) in [5.41, 5.74) is 0. The van der Waals surface area contributed by atoms with Crippen LogP contribution in [0.4, 0.5) is 0 Å². The number of hydrogen-bond donors (Lipinski definition) is 1. The number of nitrogens with one attached hydrogen (secondary N) is 1. The zero-order valence-corrected chi connectivity index (χ0v) is 13.1. The molecule has 118 valence electrons. The Morgan fingerprint density at radius 3 is 2.90 bits per heavy atom. The number of hydrogen-bond acceptors (Lipinski definition) is 5.